The Morgan fingerprint density at radius 2 is 1.63 bits per heavy atom. The van der Waals surface area contributed by atoms with E-state index >= 15 is 0 Å². The molecule has 1 aromatic rings. The molecule has 0 aliphatic carbocycles. The van der Waals surface area contributed by atoms with Crippen LogP contribution >= 0.6 is 0 Å². The van der Waals surface area contributed by atoms with E-state index in [1.165, 1.54) is 12.1 Å². The van der Waals surface area contributed by atoms with Crippen molar-refractivity contribution >= 4 is 20.0 Å². The zero-order chi connectivity index (χ0) is 13.8. The number of rotatable bonds is 6. The van der Waals surface area contributed by atoms with Crippen molar-refractivity contribution in [2.45, 2.75) is 24.3 Å². The smallest absolute Gasteiger partial charge is 0.748 e. The van der Waals surface area contributed by atoms with Crippen molar-refractivity contribution in [3.63, 3.8) is 0 Å². The summed E-state index contributed by atoms with van der Waals surface area (Å²) in [4.78, 5) is 0.237. The van der Waals surface area contributed by atoms with Crippen molar-refractivity contribution in [3.8, 4) is 0 Å². The first-order valence-electron chi connectivity index (χ1n) is 5.31. The molecular formula is C10H15KNO5S2+. The summed E-state index contributed by atoms with van der Waals surface area (Å²) in [5.41, 5.74) is 0. The van der Waals surface area contributed by atoms with Crippen LogP contribution in [-0.2, 0) is 26.5 Å². The van der Waals surface area contributed by atoms with Gasteiger partial charge in [-0.1, -0.05) is 0 Å². The Labute approximate surface area is 156 Å². The average Bonchev–Trinajstić information content (AvgIpc) is 2.22. The Hall–Kier alpha value is 0.646. The maximum Gasteiger partial charge on any atom is 1.00 e. The predicted octanol–water partition coefficient (Wildman–Crippen LogP) is -3.29. The summed E-state index contributed by atoms with van der Waals surface area (Å²) >= 11 is 0. The zero-order valence-electron chi connectivity index (χ0n) is 10.9. The number of hydrogen-bond acceptors (Lipinski definition) is 5. The molecule has 0 atom stereocenters. The van der Waals surface area contributed by atoms with Gasteiger partial charge in [-0.05, 0) is 6.42 Å². The molecule has 6 nitrogen and oxygen atoms in total. The standard InChI is InChI=1S/C10H15NO5S2.K/c1-17(12,13)10-4-7-11(8-5-10)6-2-3-9-18(14,15)16;/h4-5,7-8H,2-3,6,9H2,1H3;/q;+1. The van der Waals surface area contributed by atoms with E-state index in [0.29, 0.717) is 19.4 Å². The summed E-state index contributed by atoms with van der Waals surface area (Å²) in [6.07, 6.45) is 5.20. The van der Waals surface area contributed by atoms with Gasteiger partial charge in [0.05, 0.1) is 15.0 Å². The van der Waals surface area contributed by atoms with Crippen molar-refractivity contribution in [1.29, 1.82) is 0 Å². The third kappa shape index (κ3) is 8.51. The molecule has 1 aromatic heterocycles. The first-order chi connectivity index (χ1) is 8.18. The molecule has 0 aliphatic rings. The number of nitrogens with zero attached hydrogens (tertiary/aromatic N) is 1. The fourth-order valence-corrected chi connectivity index (χ4v) is 2.59. The molecule has 0 aromatic carbocycles. The average molecular weight is 332 g/mol. The Kier molecular flexibility index (Phi) is 8.46. The van der Waals surface area contributed by atoms with Crippen molar-refractivity contribution < 1.29 is 77.3 Å². The van der Waals surface area contributed by atoms with Crippen LogP contribution < -0.4 is 56.0 Å². The van der Waals surface area contributed by atoms with E-state index in [0.717, 1.165) is 6.26 Å². The molecule has 0 aliphatic heterocycles. The summed E-state index contributed by atoms with van der Waals surface area (Å²) in [5.74, 6) is -0.366. The molecule has 1 heterocycles. The van der Waals surface area contributed by atoms with E-state index in [-0.39, 0.29) is 62.0 Å². The van der Waals surface area contributed by atoms with Crippen LogP contribution in [0, 0.1) is 0 Å². The summed E-state index contributed by atoms with van der Waals surface area (Å²) in [6, 6.07) is 2.97. The molecule has 0 spiro atoms. The topological polar surface area (TPSA) is 95.2 Å². The fourth-order valence-electron chi connectivity index (χ4n) is 1.41. The van der Waals surface area contributed by atoms with E-state index < -0.39 is 20.0 Å². The van der Waals surface area contributed by atoms with Gasteiger partial charge >= 0.3 is 51.4 Å². The van der Waals surface area contributed by atoms with Crippen molar-refractivity contribution in [1.82, 2.24) is 0 Å². The third-order valence-electron chi connectivity index (χ3n) is 2.35. The Morgan fingerprint density at radius 3 is 2.05 bits per heavy atom. The molecular weight excluding hydrogens is 317 g/mol. The molecule has 1 rings (SSSR count). The van der Waals surface area contributed by atoms with Gasteiger partial charge in [0, 0.05) is 30.6 Å². The van der Waals surface area contributed by atoms with Crippen LogP contribution in [-0.4, -0.2) is 33.4 Å². The predicted molar refractivity (Wildman–Crippen MR) is 63.5 cm³/mol. The summed E-state index contributed by atoms with van der Waals surface area (Å²) in [7, 11) is -7.34. The van der Waals surface area contributed by atoms with E-state index in [9.17, 15) is 21.4 Å². The van der Waals surface area contributed by atoms with Crippen LogP contribution in [0.1, 0.15) is 12.8 Å². The van der Waals surface area contributed by atoms with Crippen LogP contribution in [0.4, 0.5) is 0 Å². The second kappa shape index (κ2) is 8.18. The van der Waals surface area contributed by atoms with Gasteiger partial charge in [0.25, 0.3) is 0 Å². The van der Waals surface area contributed by atoms with E-state index in [2.05, 4.69) is 0 Å². The van der Waals surface area contributed by atoms with Gasteiger partial charge in [-0.2, -0.15) is 0 Å². The molecule has 19 heavy (non-hydrogen) atoms. The van der Waals surface area contributed by atoms with Gasteiger partial charge in [-0.25, -0.2) is 21.4 Å². The molecule has 0 amide bonds. The summed E-state index contributed by atoms with van der Waals surface area (Å²) in [6.45, 7) is 0.541. The van der Waals surface area contributed by atoms with Gasteiger partial charge in [0.1, 0.15) is 6.54 Å². The van der Waals surface area contributed by atoms with E-state index in [4.69, 9.17) is 0 Å². The van der Waals surface area contributed by atoms with Crippen LogP contribution in [0.15, 0.2) is 29.4 Å². The van der Waals surface area contributed by atoms with Crippen LogP contribution in [0.5, 0.6) is 0 Å². The molecule has 0 saturated carbocycles. The Bertz CT molecular complexity index is 595. The fraction of sp³-hybridized carbons (Fsp3) is 0.500. The number of hydrogen-bond donors (Lipinski definition) is 0. The van der Waals surface area contributed by atoms with E-state index in [1.54, 1.807) is 17.0 Å². The van der Waals surface area contributed by atoms with Crippen molar-refractivity contribution in [2.75, 3.05) is 12.0 Å². The van der Waals surface area contributed by atoms with Gasteiger partial charge in [-0.3, -0.25) is 0 Å². The minimum absolute atomic E-state index is 0. The first kappa shape index (κ1) is 19.6. The van der Waals surface area contributed by atoms with E-state index in [1.807, 2.05) is 0 Å². The normalized spacial score (nSPS) is 11.9. The third-order valence-corrected chi connectivity index (χ3v) is 4.27. The van der Waals surface area contributed by atoms with Crippen LogP contribution in [0.2, 0.25) is 0 Å². The molecule has 102 valence electrons. The SMILES string of the molecule is CS(=O)(=O)c1cc[n+](CCCCS(=O)(=O)[O-])cc1.[K+]. The molecule has 0 saturated heterocycles. The Balaban J connectivity index is 0.00000324. The van der Waals surface area contributed by atoms with Gasteiger partial charge < -0.3 is 4.55 Å². The van der Waals surface area contributed by atoms with Crippen molar-refractivity contribution in [2.24, 2.45) is 0 Å². The number of aromatic nitrogens is 1. The minimum Gasteiger partial charge on any atom is -0.748 e. The number of aryl methyl sites for hydroxylation is 1. The zero-order valence-corrected chi connectivity index (χ0v) is 15.7. The largest absolute Gasteiger partial charge is 1.00 e. The molecule has 9 heteroatoms. The number of pyridine rings is 1. The summed E-state index contributed by atoms with van der Waals surface area (Å²) in [5, 5.41) is 0. The number of sulfone groups is 1. The van der Waals surface area contributed by atoms with Gasteiger partial charge in [0.15, 0.2) is 22.2 Å². The van der Waals surface area contributed by atoms with Crippen LogP contribution in [0.25, 0.3) is 0 Å². The molecule has 0 bridgehead atoms. The maximum absolute atomic E-state index is 11.2. The first-order valence-corrected chi connectivity index (χ1v) is 8.78. The van der Waals surface area contributed by atoms with Gasteiger partial charge in [0.2, 0.25) is 0 Å². The maximum atomic E-state index is 11.2. The second-order valence-corrected chi connectivity index (χ2v) is 7.55. The monoisotopic (exact) mass is 332 g/mol. The second-order valence-electron chi connectivity index (χ2n) is 4.01. The molecule has 0 radical (unpaired) electrons. The molecule has 0 N–H and O–H groups in total. The summed E-state index contributed by atoms with van der Waals surface area (Å²) < 4.78 is 55.3. The molecule has 0 fully saturated rings. The minimum atomic E-state index is -4.14. The van der Waals surface area contributed by atoms with Crippen molar-refractivity contribution in [3.05, 3.63) is 24.5 Å². The van der Waals surface area contributed by atoms with Gasteiger partial charge in [-0.15, -0.1) is 0 Å². The molecule has 0 unspecified atom stereocenters. The number of unbranched alkanes of at least 4 members (excludes halogenated alkanes) is 1. The van der Waals surface area contributed by atoms with Crippen LogP contribution in [0.3, 0.4) is 0 Å². The quantitative estimate of drug-likeness (QED) is 0.235. The Morgan fingerprint density at radius 1 is 1.11 bits per heavy atom.